The lowest BCUT2D eigenvalue weighted by molar-refractivity contribution is -0.0328. The number of nitrogens with two attached hydrogens (primary N) is 1. The molecular formula is C11H23N5O. The minimum Gasteiger partial charge on any atom is -0.370 e. The number of aromatic nitrogens is 4. The summed E-state index contributed by atoms with van der Waals surface area (Å²) in [6.07, 6.45) is 3.69. The van der Waals surface area contributed by atoms with Gasteiger partial charge >= 0.3 is 0 Å². The van der Waals surface area contributed by atoms with Crippen molar-refractivity contribution in [2.24, 2.45) is 5.73 Å². The highest BCUT2D eigenvalue weighted by Crippen LogP contribution is 2.30. The monoisotopic (exact) mass is 241 g/mol. The van der Waals surface area contributed by atoms with Crippen molar-refractivity contribution in [3.8, 4) is 0 Å². The molecule has 17 heavy (non-hydrogen) atoms. The molecular weight excluding hydrogens is 218 g/mol. The number of hydrogen-bond acceptors (Lipinski definition) is 5. The first-order valence-electron chi connectivity index (χ1n) is 6.26. The molecule has 0 fully saturated rings. The summed E-state index contributed by atoms with van der Waals surface area (Å²) in [6.45, 7) is 5.68. The average Bonchev–Trinajstić information content (AvgIpc) is 2.82. The minimum atomic E-state index is -0.369. The molecule has 1 rings (SSSR count). The summed E-state index contributed by atoms with van der Waals surface area (Å²) in [5.74, 6) is 0.821. The Morgan fingerprint density at radius 2 is 2.00 bits per heavy atom. The quantitative estimate of drug-likeness (QED) is 0.689. The van der Waals surface area contributed by atoms with E-state index in [1.807, 2.05) is 4.68 Å². The molecule has 0 unspecified atom stereocenters. The van der Waals surface area contributed by atoms with Crippen LogP contribution in [0.15, 0.2) is 0 Å². The molecule has 0 radical (unpaired) electrons. The molecule has 6 heteroatoms. The van der Waals surface area contributed by atoms with Gasteiger partial charge in [-0.1, -0.05) is 13.8 Å². The van der Waals surface area contributed by atoms with Crippen LogP contribution in [0.25, 0.3) is 0 Å². The van der Waals surface area contributed by atoms with E-state index in [4.69, 9.17) is 10.5 Å². The largest absolute Gasteiger partial charge is 0.370 e. The third-order valence-electron chi connectivity index (χ3n) is 3.30. The summed E-state index contributed by atoms with van der Waals surface area (Å²) in [4.78, 5) is 0. The molecule has 0 aliphatic heterocycles. The van der Waals surface area contributed by atoms with E-state index in [1.54, 1.807) is 7.11 Å². The molecule has 0 atom stereocenters. The van der Waals surface area contributed by atoms with E-state index < -0.39 is 0 Å². The lowest BCUT2D eigenvalue weighted by Crippen LogP contribution is -2.31. The van der Waals surface area contributed by atoms with Gasteiger partial charge < -0.3 is 10.5 Å². The van der Waals surface area contributed by atoms with Gasteiger partial charge in [-0.15, -0.1) is 5.10 Å². The van der Waals surface area contributed by atoms with Crippen LogP contribution >= 0.6 is 0 Å². The summed E-state index contributed by atoms with van der Waals surface area (Å²) < 4.78 is 7.48. The van der Waals surface area contributed by atoms with Gasteiger partial charge in [0.25, 0.3) is 0 Å². The van der Waals surface area contributed by atoms with E-state index in [0.717, 1.165) is 38.1 Å². The summed E-state index contributed by atoms with van der Waals surface area (Å²) in [6, 6.07) is 0. The summed E-state index contributed by atoms with van der Waals surface area (Å²) in [7, 11) is 1.71. The van der Waals surface area contributed by atoms with E-state index in [0.29, 0.717) is 6.54 Å². The van der Waals surface area contributed by atoms with Crippen LogP contribution in [-0.2, 0) is 16.9 Å². The Bertz CT molecular complexity index is 313. The van der Waals surface area contributed by atoms with Crippen LogP contribution in [-0.4, -0.2) is 33.9 Å². The Hall–Kier alpha value is -1.01. The maximum absolute atomic E-state index is 5.64. The maximum Gasteiger partial charge on any atom is 0.183 e. The van der Waals surface area contributed by atoms with Gasteiger partial charge in [0.2, 0.25) is 0 Å². The number of rotatable bonds is 8. The van der Waals surface area contributed by atoms with Gasteiger partial charge in [0.1, 0.15) is 5.60 Å². The molecule has 0 amide bonds. The van der Waals surface area contributed by atoms with Gasteiger partial charge in [0.15, 0.2) is 5.82 Å². The van der Waals surface area contributed by atoms with Gasteiger partial charge in [-0.25, -0.2) is 4.68 Å². The Morgan fingerprint density at radius 3 is 2.53 bits per heavy atom. The third-order valence-corrected chi connectivity index (χ3v) is 3.30. The number of unbranched alkanes of at least 4 members (excludes halogenated alkanes) is 1. The lowest BCUT2D eigenvalue weighted by Gasteiger charge is -2.28. The van der Waals surface area contributed by atoms with Crippen molar-refractivity contribution in [2.75, 3.05) is 13.7 Å². The zero-order valence-corrected chi connectivity index (χ0v) is 11.0. The number of nitrogens with zero attached hydrogens (tertiary/aromatic N) is 4. The maximum atomic E-state index is 5.64. The van der Waals surface area contributed by atoms with Crippen molar-refractivity contribution in [3.63, 3.8) is 0 Å². The first kappa shape index (κ1) is 14.1. The zero-order valence-electron chi connectivity index (χ0n) is 11.0. The molecule has 6 nitrogen and oxygen atoms in total. The second-order valence-corrected chi connectivity index (χ2v) is 4.13. The number of hydrogen-bond donors (Lipinski definition) is 1. The predicted molar refractivity (Wildman–Crippen MR) is 65.4 cm³/mol. The third kappa shape index (κ3) is 3.01. The van der Waals surface area contributed by atoms with Crippen LogP contribution in [0.1, 0.15) is 45.4 Å². The fourth-order valence-electron chi connectivity index (χ4n) is 2.03. The standard InChI is InChI=1S/C11H23N5O/c1-4-11(5-2,17-3)10-13-14-15-16(10)9-7-6-8-12/h4-9,12H2,1-3H3. The minimum absolute atomic E-state index is 0.369. The van der Waals surface area contributed by atoms with Crippen LogP contribution in [0.5, 0.6) is 0 Å². The number of methoxy groups -OCH3 is 1. The summed E-state index contributed by atoms with van der Waals surface area (Å²) in [5.41, 5.74) is 5.12. The highest BCUT2D eigenvalue weighted by molar-refractivity contribution is 4.99. The SMILES string of the molecule is CCC(CC)(OC)c1nnnn1CCCCN. The first-order valence-corrected chi connectivity index (χ1v) is 6.26. The fourth-order valence-corrected chi connectivity index (χ4v) is 2.03. The molecule has 1 aromatic heterocycles. The highest BCUT2D eigenvalue weighted by Gasteiger charge is 2.34. The molecule has 1 heterocycles. The van der Waals surface area contributed by atoms with Crippen molar-refractivity contribution in [3.05, 3.63) is 5.82 Å². The second-order valence-electron chi connectivity index (χ2n) is 4.13. The van der Waals surface area contributed by atoms with Crippen molar-refractivity contribution >= 4 is 0 Å². The van der Waals surface area contributed by atoms with E-state index in [-0.39, 0.29) is 5.60 Å². The van der Waals surface area contributed by atoms with Crippen molar-refractivity contribution < 1.29 is 4.74 Å². The van der Waals surface area contributed by atoms with E-state index in [9.17, 15) is 0 Å². The van der Waals surface area contributed by atoms with Crippen LogP contribution in [0.4, 0.5) is 0 Å². The van der Waals surface area contributed by atoms with Crippen molar-refractivity contribution in [1.82, 2.24) is 20.2 Å². The molecule has 0 saturated heterocycles. The van der Waals surface area contributed by atoms with Crippen LogP contribution < -0.4 is 5.73 Å². The van der Waals surface area contributed by atoms with Crippen LogP contribution in [0.3, 0.4) is 0 Å². The number of ether oxygens (including phenoxy) is 1. The number of aryl methyl sites for hydroxylation is 1. The van der Waals surface area contributed by atoms with Gasteiger partial charge in [-0.2, -0.15) is 0 Å². The Balaban J connectivity index is 2.85. The Morgan fingerprint density at radius 1 is 1.29 bits per heavy atom. The Labute approximate surface area is 103 Å². The average molecular weight is 241 g/mol. The first-order chi connectivity index (χ1) is 8.24. The van der Waals surface area contributed by atoms with Crippen LogP contribution in [0.2, 0.25) is 0 Å². The smallest absolute Gasteiger partial charge is 0.183 e. The molecule has 1 aromatic rings. The molecule has 0 bridgehead atoms. The predicted octanol–water partition coefficient (Wildman–Crippen LogP) is 1.07. The number of tetrazole rings is 1. The zero-order chi connectivity index (χ0) is 12.7. The van der Waals surface area contributed by atoms with Crippen molar-refractivity contribution in [1.29, 1.82) is 0 Å². The lowest BCUT2D eigenvalue weighted by atomic mass is 9.96. The molecule has 0 aromatic carbocycles. The highest BCUT2D eigenvalue weighted by atomic mass is 16.5. The molecule has 0 saturated carbocycles. The Kier molecular flexibility index (Phi) is 5.50. The van der Waals surface area contributed by atoms with Gasteiger partial charge in [-0.05, 0) is 42.7 Å². The molecule has 98 valence electrons. The molecule has 0 aliphatic rings. The van der Waals surface area contributed by atoms with Gasteiger partial charge in [-0.3, -0.25) is 0 Å². The van der Waals surface area contributed by atoms with Gasteiger partial charge in [0.05, 0.1) is 0 Å². The molecule has 2 N–H and O–H groups in total. The van der Waals surface area contributed by atoms with Crippen LogP contribution in [0, 0.1) is 0 Å². The van der Waals surface area contributed by atoms with E-state index in [2.05, 4.69) is 29.4 Å². The fraction of sp³-hybridized carbons (Fsp3) is 0.909. The topological polar surface area (TPSA) is 78.9 Å². The molecule has 0 aliphatic carbocycles. The van der Waals surface area contributed by atoms with E-state index >= 15 is 0 Å². The van der Waals surface area contributed by atoms with Gasteiger partial charge in [0, 0.05) is 13.7 Å². The molecule has 0 spiro atoms. The summed E-state index contributed by atoms with van der Waals surface area (Å²) in [5, 5.41) is 11.9. The summed E-state index contributed by atoms with van der Waals surface area (Å²) >= 11 is 0. The van der Waals surface area contributed by atoms with E-state index in [1.165, 1.54) is 0 Å². The normalized spacial score (nSPS) is 12.0. The second kappa shape index (κ2) is 6.66. The van der Waals surface area contributed by atoms with Crippen molar-refractivity contribution in [2.45, 2.75) is 51.7 Å².